The van der Waals surface area contributed by atoms with Gasteiger partial charge >= 0.3 is 5.97 Å². The second kappa shape index (κ2) is 5.84. The van der Waals surface area contributed by atoms with Crippen molar-refractivity contribution in [2.24, 2.45) is 5.92 Å². The lowest BCUT2D eigenvalue weighted by molar-refractivity contribution is -0.143. The number of likely N-dealkylation sites (N-methyl/N-ethyl adjacent to an activating group) is 1. The number of ether oxygens (including phenoxy) is 1. The Morgan fingerprint density at radius 3 is 2.56 bits per heavy atom. The molecule has 0 saturated heterocycles. The molecule has 92 valence electrons. The summed E-state index contributed by atoms with van der Waals surface area (Å²) in [5.41, 5.74) is 0. The third kappa shape index (κ3) is 3.48. The molecule has 0 heterocycles. The van der Waals surface area contributed by atoms with Crippen LogP contribution >= 0.6 is 0 Å². The summed E-state index contributed by atoms with van der Waals surface area (Å²) in [6.45, 7) is 2.78. The number of carbonyl (C=O) groups excluding carboxylic acids is 2. The molecule has 0 bridgehead atoms. The first-order valence-corrected chi connectivity index (χ1v) is 5.65. The van der Waals surface area contributed by atoms with Crippen molar-refractivity contribution in [3.8, 4) is 0 Å². The lowest BCUT2D eigenvalue weighted by Crippen LogP contribution is -2.45. The van der Waals surface area contributed by atoms with E-state index in [0.717, 1.165) is 12.8 Å². The SMILES string of the molecule is CCN(C)C(=O)CNC(C(=O)OC)C1CC1. The summed E-state index contributed by atoms with van der Waals surface area (Å²) in [5.74, 6) is 0.0682. The first kappa shape index (κ1) is 13.0. The minimum Gasteiger partial charge on any atom is -0.468 e. The molecule has 5 nitrogen and oxygen atoms in total. The Labute approximate surface area is 96.1 Å². The summed E-state index contributed by atoms with van der Waals surface area (Å²) in [5, 5.41) is 2.98. The Hall–Kier alpha value is -1.10. The molecule has 1 atom stereocenters. The molecular weight excluding hydrogens is 208 g/mol. The maximum absolute atomic E-state index is 11.5. The van der Waals surface area contributed by atoms with E-state index in [2.05, 4.69) is 5.32 Å². The molecule has 16 heavy (non-hydrogen) atoms. The van der Waals surface area contributed by atoms with E-state index in [1.807, 2.05) is 6.92 Å². The number of rotatable bonds is 6. The number of methoxy groups -OCH3 is 1. The van der Waals surface area contributed by atoms with Crippen LogP contribution in [0.25, 0.3) is 0 Å². The second-order valence-electron chi connectivity index (χ2n) is 4.13. The van der Waals surface area contributed by atoms with Gasteiger partial charge in [0.2, 0.25) is 5.91 Å². The highest BCUT2D eigenvalue weighted by atomic mass is 16.5. The van der Waals surface area contributed by atoms with Gasteiger partial charge in [0.1, 0.15) is 6.04 Å². The van der Waals surface area contributed by atoms with Gasteiger partial charge in [0, 0.05) is 13.6 Å². The van der Waals surface area contributed by atoms with Crippen molar-refractivity contribution in [2.45, 2.75) is 25.8 Å². The van der Waals surface area contributed by atoms with Gasteiger partial charge < -0.3 is 9.64 Å². The van der Waals surface area contributed by atoms with Crippen LogP contribution in [0.4, 0.5) is 0 Å². The van der Waals surface area contributed by atoms with Crippen LogP contribution in [0.1, 0.15) is 19.8 Å². The second-order valence-corrected chi connectivity index (χ2v) is 4.13. The molecule has 1 rings (SSSR count). The van der Waals surface area contributed by atoms with Gasteiger partial charge in [0.15, 0.2) is 0 Å². The highest BCUT2D eigenvalue weighted by Crippen LogP contribution is 2.33. The van der Waals surface area contributed by atoms with E-state index in [4.69, 9.17) is 4.74 Å². The van der Waals surface area contributed by atoms with Gasteiger partial charge in [-0.3, -0.25) is 14.9 Å². The monoisotopic (exact) mass is 228 g/mol. The largest absolute Gasteiger partial charge is 0.468 e. The molecule has 0 aromatic heterocycles. The maximum atomic E-state index is 11.5. The van der Waals surface area contributed by atoms with Crippen molar-refractivity contribution in [1.29, 1.82) is 0 Å². The molecule has 0 aromatic rings. The van der Waals surface area contributed by atoms with Gasteiger partial charge in [-0.05, 0) is 25.7 Å². The predicted molar refractivity (Wildman–Crippen MR) is 59.8 cm³/mol. The van der Waals surface area contributed by atoms with Crippen molar-refractivity contribution < 1.29 is 14.3 Å². The number of hydrogen-bond acceptors (Lipinski definition) is 4. The van der Waals surface area contributed by atoms with Crippen LogP contribution < -0.4 is 5.32 Å². The zero-order chi connectivity index (χ0) is 12.1. The lowest BCUT2D eigenvalue weighted by Gasteiger charge is -2.18. The lowest BCUT2D eigenvalue weighted by atomic mass is 10.2. The molecule has 1 fully saturated rings. The van der Waals surface area contributed by atoms with E-state index in [-0.39, 0.29) is 24.5 Å². The summed E-state index contributed by atoms with van der Waals surface area (Å²) in [6, 6.07) is -0.320. The fourth-order valence-electron chi connectivity index (χ4n) is 1.51. The van der Waals surface area contributed by atoms with Crippen LogP contribution in [0, 0.1) is 5.92 Å². The molecule has 1 N–H and O–H groups in total. The van der Waals surface area contributed by atoms with Gasteiger partial charge in [-0.15, -0.1) is 0 Å². The highest BCUT2D eigenvalue weighted by Gasteiger charge is 2.36. The van der Waals surface area contributed by atoms with E-state index >= 15 is 0 Å². The van der Waals surface area contributed by atoms with Crippen molar-refractivity contribution in [1.82, 2.24) is 10.2 Å². The van der Waals surface area contributed by atoms with E-state index in [1.54, 1.807) is 11.9 Å². The molecule has 1 aliphatic rings. The Balaban J connectivity index is 2.38. The normalized spacial score (nSPS) is 16.7. The van der Waals surface area contributed by atoms with Crippen LogP contribution in [-0.2, 0) is 14.3 Å². The van der Waals surface area contributed by atoms with Crippen LogP contribution in [0.15, 0.2) is 0 Å². The van der Waals surface area contributed by atoms with Crippen LogP contribution in [0.3, 0.4) is 0 Å². The summed E-state index contributed by atoms with van der Waals surface area (Å²) < 4.78 is 4.71. The van der Waals surface area contributed by atoms with Crippen LogP contribution in [0.5, 0.6) is 0 Å². The number of nitrogens with zero attached hydrogens (tertiary/aromatic N) is 1. The fourth-order valence-corrected chi connectivity index (χ4v) is 1.51. The van der Waals surface area contributed by atoms with Gasteiger partial charge in [0.25, 0.3) is 0 Å². The molecule has 5 heteroatoms. The first-order valence-electron chi connectivity index (χ1n) is 5.65. The highest BCUT2D eigenvalue weighted by molar-refractivity contribution is 5.80. The molecule has 0 spiro atoms. The zero-order valence-electron chi connectivity index (χ0n) is 10.2. The average molecular weight is 228 g/mol. The number of amides is 1. The minimum absolute atomic E-state index is 0.00273. The first-order chi connectivity index (χ1) is 7.60. The predicted octanol–water partition coefficient (Wildman–Crippen LogP) is 0.00590. The standard InChI is InChI=1S/C11H20N2O3/c1-4-13(2)9(14)7-12-10(8-5-6-8)11(15)16-3/h8,10,12H,4-7H2,1-3H3. The summed E-state index contributed by atoms with van der Waals surface area (Å²) >= 11 is 0. The fraction of sp³-hybridized carbons (Fsp3) is 0.818. The Morgan fingerprint density at radius 2 is 2.12 bits per heavy atom. The Bertz CT molecular complexity index is 264. The molecule has 0 radical (unpaired) electrons. The minimum atomic E-state index is -0.320. The van der Waals surface area contributed by atoms with Crippen LogP contribution in [-0.4, -0.2) is 50.1 Å². The summed E-state index contributed by atoms with van der Waals surface area (Å²) in [4.78, 5) is 24.6. The number of carbonyl (C=O) groups is 2. The Kier molecular flexibility index (Phi) is 4.73. The number of hydrogen-bond donors (Lipinski definition) is 1. The van der Waals surface area contributed by atoms with Crippen molar-refractivity contribution >= 4 is 11.9 Å². The number of nitrogens with one attached hydrogen (secondary N) is 1. The summed E-state index contributed by atoms with van der Waals surface area (Å²) in [7, 11) is 3.12. The third-order valence-electron chi connectivity index (χ3n) is 2.92. The summed E-state index contributed by atoms with van der Waals surface area (Å²) in [6.07, 6.45) is 2.06. The smallest absolute Gasteiger partial charge is 0.323 e. The quantitative estimate of drug-likeness (QED) is 0.650. The molecule has 1 amide bonds. The number of esters is 1. The van der Waals surface area contributed by atoms with Crippen molar-refractivity contribution in [3.05, 3.63) is 0 Å². The molecule has 1 aliphatic carbocycles. The van der Waals surface area contributed by atoms with Gasteiger partial charge in [-0.1, -0.05) is 0 Å². The molecular formula is C11H20N2O3. The van der Waals surface area contributed by atoms with E-state index in [9.17, 15) is 9.59 Å². The zero-order valence-corrected chi connectivity index (χ0v) is 10.2. The molecule has 0 aromatic carbocycles. The van der Waals surface area contributed by atoms with Gasteiger partial charge in [-0.2, -0.15) is 0 Å². The topological polar surface area (TPSA) is 58.6 Å². The maximum Gasteiger partial charge on any atom is 0.323 e. The average Bonchev–Trinajstić information content (AvgIpc) is 3.11. The molecule has 1 saturated carbocycles. The van der Waals surface area contributed by atoms with E-state index in [1.165, 1.54) is 7.11 Å². The Morgan fingerprint density at radius 1 is 1.50 bits per heavy atom. The molecule has 1 unspecified atom stereocenters. The van der Waals surface area contributed by atoms with Crippen molar-refractivity contribution in [3.63, 3.8) is 0 Å². The molecule has 0 aliphatic heterocycles. The van der Waals surface area contributed by atoms with E-state index in [0.29, 0.717) is 12.5 Å². The van der Waals surface area contributed by atoms with Crippen molar-refractivity contribution in [2.75, 3.05) is 27.2 Å². The van der Waals surface area contributed by atoms with E-state index < -0.39 is 0 Å². The van der Waals surface area contributed by atoms with Crippen LogP contribution in [0.2, 0.25) is 0 Å². The third-order valence-corrected chi connectivity index (χ3v) is 2.92. The van der Waals surface area contributed by atoms with Gasteiger partial charge in [0.05, 0.1) is 13.7 Å². The van der Waals surface area contributed by atoms with Gasteiger partial charge in [-0.25, -0.2) is 0 Å².